The van der Waals surface area contributed by atoms with Gasteiger partial charge in [-0.15, -0.1) is 5.10 Å². The zero-order valence-corrected chi connectivity index (χ0v) is 16.6. The third kappa shape index (κ3) is 3.40. The zero-order valence-electron chi connectivity index (χ0n) is 16.6. The minimum Gasteiger partial charge on any atom is -0.350 e. The topological polar surface area (TPSA) is 92.9 Å². The molecule has 5 rings (SSSR count). The molecule has 1 aliphatic rings. The Kier molecular flexibility index (Phi) is 4.35. The Labute approximate surface area is 168 Å². The van der Waals surface area contributed by atoms with Crippen LogP contribution in [0.15, 0.2) is 43.1 Å². The minimum absolute atomic E-state index is 0.247. The van der Waals surface area contributed by atoms with E-state index in [1.165, 1.54) is 0 Å². The average Bonchev–Trinajstić information content (AvgIpc) is 3.18. The molecule has 8 heteroatoms. The third-order valence-electron chi connectivity index (χ3n) is 6.08. The largest absolute Gasteiger partial charge is 0.350 e. The predicted octanol–water partition coefficient (Wildman–Crippen LogP) is 3.07. The van der Waals surface area contributed by atoms with E-state index in [1.54, 1.807) is 12.4 Å². The second-order valence-corrected chi connectivity index (χ2v) is 7.99. The van der Waals surface area contributed by atoms with Crippen LogP contribution in [0.5, 0.6) is 0 Å². The molecule has 0 spiro atoms. The fourth-order valence-corrected chi connectivity index (χ4v) is 4.05. The molecule has 29 heavy (non-hydrogen) atoms. The summed E-state index contributed by atoms with van der Waals surface area (Å²) in [5.74, 6) is 0.667. The number of anilines is 1. The number of aromatic nitrogens is 6. The van der Waals surface area contributed by atoms with Gasteiger partial charge in [0.2, 0.25) is 5.95 Å². The van der Waals surface area contributed by atoms with Crippen molar-refractivity contribution in [1.29, 1.82) is 0 Å². The van der Waals surface area contributed by atoms with E-state index in [9.17, 15) is 0 Å². The van der Waals surface area contributed by atoms with E-state index in [4.69, 9.17) is 0 Å². The number of fused-ring (bicyclic) bond motifs is 2. The lowest BCUT2D eigenvalue weighted by atomic mass is 9.81. The van der Waals surface area contributed by atoms with Gasteiger partial charge in [0.25, 0.3) is 0 Å². The molecule has 0 atom stereocenters. The molecule has 1 fully saturated rings. The minimum atomic E-state index is 0.247. The van der Waals surface area contributed by atoms with Crippen LogP contribution in [0.25, 0.3) is 27.8 Å². The van der Waals surface area contributed by atoms with E-state index in [0.717, 1.165) is 47.8 Å². The molecule has 148 valence electrons. The fraction of sp³-hybridized carbons (Fsp3) is 0.381. The number of rotatable bonds is 4. The Morgan fingerprint density at radius 2 is 1.90 bits per heavy atom. The van der Waals surface area contributed by atoms with Crippen molar-refractivity contribution in [3.8, 4) is 11.1 Å². The zero-order chi connectivity index (χ0) is 19.8. The van der Waals surface area contributed by atoms with E-state index in [2.05, 4.69) is 42.6 Å². The van der Waals surface area contributed by atoms with Gasteiger partial charge < -0.3 is 10.6 Å². The second kappa shape index (κ2) is 7.04. The van der Waals surface area contributed by atoms with E-state index in [-0.39, 0.29) is 5.54 Å². The summed E-state index contributed by atoms with van der Waals surface area (Å²) in [6.45, 7) is 2.29. The van der Waals surface area contributed by atoms with Crippen LogP contribution in [0, 0.1) is 0 Å². The van der Waals surface area contributed by atoms with E-state index in [0.29, 0.717) is 17.6 Å². The molecule has 8 nitrogen and oxygen atoms in total. The number of pyridine rings is 1. The Morgan fingerprint density at radius 1 is 1.07 bits per heavy atom. The highest BCUT2D eigenvalue weighted by molar-refractivity contribution is 5.84. The molecule has 0 amide bonds. The van der Waals surface area contributed by atoms with Crippen LogP contribution in [0.1, 0.15) is 32.6 Å². The molecule has 0 aromatic carbocycles. The van der Waals surface area contributed by atoms with Crippen molar-refractivity contribution in [2.45, 2.75) is 44.2 Å². The molecule has 4 aromatic heterocycles. The Balaban J connectivity index is 1.38. The molecule has 1 aliphatic carbocycles. The van der Waals surface area contributed by atoms with Gasteiger partial charge in [-0.25, -0.2) is 19.5 Å². The summed E-state index contributed by atoms with van der Waals surface area (Å²) in [4.78, 5) is 17.6. The van der Waals surface area contributed by atoms with Crippen molar-refractivity contribution in [3.05, 3.63) is 43.1 Å². The molecular weight excluding hydrogens is 364 g/mol. The molecule has 0 aliphatic heterocycles. The van der Waals surface area contributed by atoms with Crippen molar-refractivity contribution < 1.29 is 0 Å². The van der Waals surface area contributed by atoms with Crippen LogP contribution >= 0.6 is 0 Å². The summed E-state index contributed by atoms with van der Waals surface area (Å²) in [5.41, 5.74) is 4.60. The molecule has 0 radical (unpaired) electrons. The highest BCUT2D eigenvalue weighted by Crippen LogP contribution is 2.29. The highest BCUT2D eigenvalue weighted by atomic mass is 15.3. The number of nitrogens with one attached hydrogen (secondary N) is 2. The predicted molar refractivity (Wildman–Crippen MR) is 113 cm³/mol. The van der Waals surface area contributed by atoms with Gasteiger partial charge in [0, 0.05) is 47.5 Å². The first-order valence-corrected chi connectivity index (χ1v) is 10.0. The number of nitrogens with zero attached hydrogens (tertiary/aromatic N) is 6. The maximum atomic E-state index is 4.66. The Morgan fingerprint density at radius 3 is 2.72 bits per heavy atom. The number of hydrogen-bond acceptors (Lipinski definition) is 7. The van der Waals surface area contributed by atoms with Crippen molar-refractivity contribution in [1.82, 2.24) is 34.9 Å². The fourth-order valence-electron chi connectivity index (χ4n) is 4.05. The Hall–Kier alpha value is -3.13. The van der Waals surface area contributed by atoms with Gasteiger partial charge in [0.05, 0.1) is 11.7 Å². The first kappa shape index (κ1) is 17.9. The second-order valence-electron chi connectivity index (χ2n) is 7.99. The van der Waals surface area contributed by atoms with E-state index >= 15 is 0 Å². The normalized spacial score (nSPS) is 22.2. The molecule has 0 saturated heterocycles. The van der Waals surface area contributed by atoms with E-state index in [1.807, 2.05) is 42.3 Å². The number of hydrogen-bond donors (Lipinski definition) is 2. The molecule has 0 unspecified atom stereocenters. The summed E-state index contributed by atoms with van der Waals surface area (Å²) in [6, 6.07) is 4.44. The highest BCUT2D eigenvalue weighted by Gasteiger charge is 2.29. The SMILES string of the molecule is CNC1(C)CCC(Nc2ncc3c(-c4cnc5nccnc5c4)ccn3n2)CC1. The monoisotopic (exact) mass is 388 g/mol. The lowest BCUT2D eigenvalue weighted by molar-refractivity contribution is 0.258. The first-order chi connectivity index (χ1) is 14.1. The van der Waals surface area contributed by atoms with Gasteiger partial charge in [0.1, 0.15) is 5.52 Å². The van der Waals surface area contributed by atoms with Crippen molar-refractivity contribution >= 4 is 22.6 Å². The molecule has 0 bridgehead atoms. The maximum absolute atomic E-state index is 4.66. The van der Waals surface area contributed by atoms with E-state index < -0.39 is 0 Å². The summed E-state index contributed by atoms with van der Waals surface area (Å²) >= 11 is 0. The van der Waals surface area contributed by atoms with Crippen LogP contribution in [-0.2, 0) is 0 Å². The van der Waals surface area contributed by atoms with Gasteiger partial charge >= 0.3 is 0 Å². The summed E-state index contributed by atoms with van der Waals surface area (Å²) < 4.78 is 1.87. The summed E-state index contributed by atoms with van der Waals surface area (Å²) in [5, 5.41) is 11.6. The Bertz CT molecular complexity index is 1160. The van der Waals surface area contributed by atoms with Gasteiger partial charge in [0.15, 0.2) is 5.65 Å². The lowest BCUT2D eigenvalue weighted by Crippen LogP contribution is -2.45. The van der Waals surface area contributed by atoms with Crippen LogP contribution in [0.3, 0.4) is 0 Å². The molecule has 4 aromatic rings. The molecular formula is C21H24N8. The van der Waals surface area contributed by atoms with Crippen LogP contribution in [-0.4, -0.2) is 48.2 Å². The van der Waals surface area contributed by atoms with Crippen molar-refractivity contribution in [2.75, 3.05) is 12.4 Å². The average molecular weight is 388 g/mol. The maximum Gasteiger partial charge on any atom is 0.241 e. The van der Waals surface area contributed by atoms with Crippen LogP contribution in [0.2, 0.25) is 0 Å². The van der Waals surface area contributed by atoms with Crippen LogP contribution in [0.4, 0.5) is 5.95 Å². The molecule has 1 saturated carbocycles. The van der Waals surface area contributed by atoms with Crippen molar-refractivity contribution in [2.24, 2.45) is 0 Å². The van der Waals surface area contributed by atoms with Gasteiger partial charge in [-0.2, -0.15) is 0 Å². The molecule has 4 heterocycles. The van der Waals surface area contributed by atoms with Crippen LogP contribution < -0.4 is 10.6 Å². The summed E-state index contributed by atoms with van der Waals surface area (Å²) in [7, 11) is 2.05. The van der Waals surface area contributed by atoms with Gasteiger partial charge in [-0.3, -0.25) is 4.98 Å². The standard InChI is InChI=1S/C21H24N8/c1-21(22-2)6-3-15(4-7-21)27-20-26-13-18-16(5-10-29(18)28-20)14-11-17-19(25-12-14)24-9-8-23-17/h5,8-13,15,22H,3-4,6-7H2,1-2H3,(H,27,28). The quantitative estimate of drug-likeness (QED) is 0.555. The first-order valence-electron chi connectivity index (χ1n) is 10.0. The summed E-state index contributed by atoms with van der Waals surface area (Å²) in [6.07, 6.45) is 13.5. The third-order valence-corrected chi connectivity index (χ3v) is 6.08. The smallest absolute Gasteiger partial charge is 0.241 e. The lowest BCUT2D eigenvalue weighted by Gasteiger charge is -2.37. The van der Waals surface area contributed by atoms with Gasteiger partial charge in [-0.05, 0) is 51.8 Å². The van der Waals surface area contributed by atoms with Gasteiger partial charge in [-0.1, -0.05) is 0 Å². The van der Waals surface area contributed by atoms with Crippen molar-refractivity contribution in [3.63, 3.8) is 0 Å². The molecule has 2 N–H and O–H groups in total.